The summed E-state index contributed by atoms with van der Waals surface area (Å²) in [4.78, 5) is 10.9. The summed E-state index contributed by atoms with van der Waals surface area (Å²) < 4.78 is 5.20. The molecule has 3 N–H and O–H groups in total. The first-order valence-electron chi connectivity index (χ1n) is 4.93. The van der Waals surface area contributed by atoms with Crippen molar-refractivity contribution >= 4 is 27.4 Å². The molecule has 5 nitrogen and oxygen atoms in total. The molecular weight excluding hydrogens is 224 g/mol. The molecule has 0 fully saturated rings. The summed E-state index contributed by atoms with van der Waals surface area (Å²) in [6.07, 6.45) is -0.140. The van der Waals surface area contributed by atoms with Gasteiger partial charge >= 0.3 is 0 Å². The minimum Gasteiger partial charge on any atom is -0.374 e. The molecule has 2 heterocycles. The van der Waals surface area contributed by atoms with E-state index in [1.807, 2.05) is 19.9 Å². The highest BCUT2D eigenvalue weighted by Gasteiger charge is 2.13. The van der Waals surface area contributed by atoms with E-state index in [1.54, 1.807) is 18.4 Å². The number of hydrazine groups is 1. The number of fused-ring (bicyclic) bond motifs is 1. The van der Waals surface area contributed by atoms with Crippen molar-refractivity contribution in [1.82, 2.24) is 9.97 Å². The van der Waals surface area contributed by atoms with Gasteiger partial charge in [-0.2, -0.15) is 0 Å². The lowest BCUT2D eigenvalue weighted by Crippen LogP contribution is -2.12. The Balaban J connectivity index is 2.62. The first-order valence-corrected chi connectivity index (χ1v) is 5.75. The Bertz CT molecular complexity index is 511. The molecule has 0 bridgehead atoms. The van der Waals surface area contributed by atoms with Gasteiger partial charge in [-0.25, -0.2) is 15.8 Å². The van der Waals surface area contributed by atoms with E-state index in [0.717, 1.165) is 10.2 Å². The minimum atomic E-state index is -0.140. The summed E-state index contributed by atoms with van der Waals surface area (Å²) in [5, 5.41) is 0.956. The van der Waals surface area contributed by atoms with Gasteiger partial charge in [-0.3, -0.25) is 0 Å². The smallest absolute Gasteiger partial charge is 0.160 e. The standard InChI is InChI=1S/C10H14N4OS/c1-5-4-7-9(14-11)12-8(6(2)15-3)13-10(7)16-5/h4,6H,11H2,1-3H3,(H,12,13,14). The molecule has 86 valence electrons. The summed E-state index contributed by atoms with van der Waals surface area (Å²) in [6.45, 7) is 3.94. The number of ether oxygens (including phenoxy) is 1. The van der Waals surface area contributed by atoms with Gasteiger partial charge in [0.15, 0.2) is 11.6 Å². The van der Waals surface area contributed by atoms with Crippen molar-refractivity contribution in [3.05, 3.63) is 16.8 Å². The number of nitrogen functional groups attached to an aromatic ring is 1. The van der Waals surface area contributed by atoms with Crippen LogP contribution in [0.2, 0.25) is 0 Å². The Labute approximate surface area is 97.6 Å². The molecule has 6 heteroatoms. The van der Waals surface area contributed by atoms with Crippen LogP contribution < -0.4 is 11.3 Å². The fraction of sp³-hybridized carbons (Fsp3) is 0.400. The van der Waals surface area contributed by atoms with Crippen molar-refractivity contribution < 1.29 is 4.74 Å². The van der Waals surface area contributed by atoms with Crippen LogP contribution in [-0.4, -0.2) is 17.1 Å². The van der Waals surface area contributed by atoms with Gasteiger partial charge in [0.2, 0.25) is 0 Å². The van der Waals surface area contributed by atoms with Gasteiger partial charge in [0.1, 0.15) is 10.9 Å². The Morgan fingerprint density at radius 2 is 2.25 bits per heavy atom. The molecule has 0 aliphatic heterocycles. The number of aromatic nitrogens is 2. The zero-order valence-corrected chi connectivity index (χ0v) is 10.3. The quantitative estimate of drug-likeness (QED) is 0.632. The van der Waals surface area contributed by atoms with Crippen molar-refractivity contribution in [1.29, 1.82) is 0 Å². The zero-order valence-electron chi connectivity index (χ0n) is 9.44. The average Bonchev–Trinajstić information content (AvgIpc) is 2.66. The first kappa shape index (κ1) is 11.3. The van der Waals surface area contributed by atoms with E-state index in [0.29, 0.717) is 11.6 Å². The van der Waals surface area contributed by atoms with Crippen molar-refractivity contribution in [2.45, 2.75) is 20.0 Å². The van der Waals surface area contributed by atoms with E-state index in [4.69, 9.17) is 10.6 Å². The van der Waals surface area contributed by atoms with Crippen LogP contribution in [0, 0.1) is 6.92 Å². The van der Waals surface area contributed by atoms with E-state index >= 15 is 0 Å². The van der Waals surface area contributed by atoms with E-state index in [1.165, 1.54) is 4.88 Å². The fourth-order valence-electron chi connectivity index (χ4n) is 1.46. The number of rotatable bonds is 3. The second-order valence-electron chi connectivity index (χ2n) is 3.53. The highest BCUT2D eigenvalue weighted by atomic mass is 32.1. The molecule has 1 unspecified atom stereocenters. The average molecular weight is 238 g/mol. The number of aryl methyl sites for hydroxylation is 1. The maximum Gasteiger partial charge on any atom is 0.160 e. The summed E-state index contributed by atoms with van der Waals surface area (Å²) in [7, 11) is 1.63. The topological polar surface area (TPSA) is 73.1 Å². The van der Waals surface area contributed by atoms with Crippen LogP contribution >= 0.6 is 11.3 Å². The van der Waals surface area contributed by atoms with Gasteiger partial charge in [0.05, 0.1) is 5.39 Å². The summed E-state index contributed by atoms with van der Waals surface area (Å²) >= 11 is 1.62. The van der Waals surface area contributed by atoms with Gasteiger partial charge in [-0.05, 0) is 19.9 Å². The maximum absolute atomic E-state index is 5.46. The van der Waals surface area contributed by atoms with Gasteiger partial charge < -0.3 is 10.2 Å². The number of nitrogens with zero attached hydrogens (tertiary/aromatic N) is 2. The number of nitrogens with one attached hydrogen (secondary N) is 1. The lowest BCUT2D eigenvalue weighted by Gasteiger charge is -2.09. The fourth-order valence-corrected chi connectivity index (χ4v) is 2.34. The third kappa shape index (κ3) is 1.87. The van der Waals surface area contributed by atoms with Crippen LogP contribution in [0.1, 0.15) is 23.7 Å². The van der Waals surface area contributed by atoms with Crippen molar-refractivity contribution in [3.8, 4) is 0 Å². The van der Waals surface area contributed by atoms with Gasteiger partial charge in [0, 0.05) is 12.0 Å². The van der Waals surface area contributed by atoms with E-state index in [2.05, 4.69) is 15.4 Å². The Kier molecular flexibility index (Phi) is 3.04. The summed E-state index contributed by atoms with van der Waals surface area (Å²) in [5.74, 6) is 6.75. The molecule has 0 aliphatic carbocycles. The lowest BCUT2D eigenvalue weighted by molar-refractivity contribution is 0.112. The first-order chi connectivity index (χ1) is 7.65. The molecule has 16 heavy (non-hydrogen) atoms. The molecule has 2 aromatic heterocycles. The molecule has 1 atom stereocenters. The summed E-state index contributed by atoms with van der Waals surface area (Å²) in [5.41, 5.74) is 2.60. The van der Waals surface area contributed by atoms with Crippen LogP contribution in [0.3, 0.4) is 0 Å². The number of nitrogens with two attached hydrogens (primary N) is 1. The van der Waals surface area contributed by atoms with Gasteiger partial charge in [0.25, 0.3) is 0 Å². The maximum atomic E-state index is 5.46. The second kappa shape index (κ2) is 4.32. The summed E-state index contributed by atoms with van der Waals surface area (Å²) in [6, 6.07) is 2.02. The Hall–Kier alpha value is -1.24. The Morgan fingerprint density at radius 1 is 1.50 bits per heavy atom. The third-order valence-electron chi connectivity index (χ3n) is 2.39. The number of hydrogen-bond donors (Lipinski definition) is 2. The van der Waals surface area contributed by atoms with Crippen LogP contribution in [-0.2, 0) is 4.74 Å². The van der Waals surface area contributed by atoms with Crippen LogP contribution in [0.15, 0.2) is 6.07 Å². The van der Waals surface area contributed by atoms with Crippen molar-refractivity contribution in [2.75, 3.05) is 12.5 Å². The zero-order chi connectivity index (χ0) is 11.7. The van der Waals surface area contributed by atoms with E-state index < -0.39 is 0 Å². The van der Waals surface area contributed by atoms with Crippen LogP contribution in [0.5, 0.6) is 0 Å². The third-order valence-corrected chi connectivity index (χ3v) is 3.33. The Morgan fingerprint density at radius 3 is 2.88 bits per heavy atom. The highest BCUT2D eigenvalue weighted by Crippen LogP contribution is 2.29. The van der Waals surface area contributed by atoms with Crippen molar-refractivity contribution in [3.63, 3.8) is 0 Å². The molecule has 0 aromatic carbocycles. The molecule has 0 saturated heterocycles. The normalized spacial score (nSPS) is 13.0. The van der Waals surface area contributed by atoms with Crippen LogP contribution in [0.25, 0.3) is 10.2 Å². The number of thiophene rings is 1. The molecule has 0 aliphatic rings. The molecular formula is C10H14N4OS. The molecule has 2 aromatic rings. The molecule has 0 amide bonds. The largest absolute Gasteiger partial charge is 0.374 e. The van der Waals surface area contributed by atoms with E-state index in [9.17, 15) is 0 Å². The number of hydrogen-bond acceptors (Lipinski definition) is 6. The highest BCUT2D eigenvalue weighted by molar-refractivity contribution is 7.18. The molecule has 0 spiro atoms. The monoisotopic (exact) mass is 238 g/mol. The predicted octanol–water partition coefficient (Wildman–Crippen LogP) is 1.99. The molecule has 0 radical (unpaired) electrons. The van der Waals surface area contributed by atoms with Crippen LogP contribution in [0.4, 0.5) is 5.82 Å². The lowest BCUT2D eigenvalue weighted by atomic mass is 10.3. The number of anilines is 1. The minimum absolute atomic E-state index is 0.140. The van der Waals surface area contributed by atoms with E-state index in [-0.39, 0.29) is 6.10 Å². The molecule has 2 rings (SSSR count). The SMILES string of the molecule is COC(C)c1nc(NN)c2cc(C)sc2n1. The second-order valence-corrected chi connectivity index (χ2v) is 4.76. The van der Waals surface area contributed by atoms with Crippen molar-refractivity contribution in [2.24, 2.45) is 5.84 Å². The predicted molar refractivity (Wildman–Crippen MR) is 65.4 cm³/mol. The number of methoxy groups -OCH3 is 1. The molecule has 0 saturated carbocycles. The van der Waals surface area contributed by atoms with Gasteiger partial charge in [-0.15, -0.1) is 11.3 Å². The van der Waals surface area contributed by atoms with Gasteiger partial charge in [-0.1, -0.05) is 0 Å².